The molecule has 22 heavy (non-hydrogen) atoms. The van der Waals surface area contributed by atoms with Crippen molar-refractivity contribution in [3.05, 3.63) is 33.7 Å². The highest BCUT2D eigenvalue weighted by Gasteiger charge is 2.42. The van der Waals surface area contributed by atoms with E-state index in [0.717, 1.165) is 16.0 Å². The third kappa shape index (κ3) is 2.38. The van der Waals surface area contributed by atoms with Gasteiger partial charge in [-0.2, -0.15) is 13.2 Å². The molecule has 2 aromatic rings. The van der Waals surface area contributed by atoms with E-state index in [0.29, 0.717) is 23.9 Å². The van der Waals surface area contributed by atoms with Gasteiger partial charge in [-0.15, -0.1) is 0 Å². The van der Waals surface area contributed by atoms with Crippen molar-refractivity contribution < 1.29 is 18.0 Å². The molecule has 1 aromatic carbocycles. The van der Waals surface area contributed by atoms with Crippen LogP contribution in [0.3, 0.4) is 0 Å². The van der Waals surface area contributed by atoms with Crippen molar-refractivity contribution >= 4 is 16.9 Å². The number of aryl methyl sites for hydroxylation is 1. The molecule has 5 nitrogen and oxygen atoms in total. The summed E-state index contributed by atoms with van der Waals surface area (Å²) in [7, 11) is 1.63. The molecule has 0 atom stereocenters. The van der Waals surface area contributed by atoms with E-state index in [9.17, 15) is 22.8 Å². The minimum absolute atomic E-state index is 0.0217. The lowest BCUT2D eigenvalue weighted by Crippen LogP contribution is -2.42. The van der Waals surface area contributed by atoms with Crippen LogP contribution in [0.1, 0.15) is 11.1 Å². The number of benzene rings is 1. The van der Waals surface area contributed by atoms with E-state index in [1.807, 2.05) is 6.07 Å². The van der Waals surface area contributed by atoms with Gasteiger partial charge in [0.15, 0.2) is 0 Å². The van der Waals surface area contributed by atoms with Crippen molar-refractivity contribution in [3.8, 4) is 0 Å². The molecule has 0 saturated carbocycles. The Bertz CT molecular complexity index is 804. The van der Waals surface area contributed by atoms with Crippen LogP contribution in [0.4, 0.5) is 13.2 Å². The van der Waals surface area contributed by atoms with Crippen LogP contribution in [-0.4, -0.2) is 39.6 Å². The number of aromatic nitrogens is 2. The van der Waals surface area contributed by atoms with Gasteiger partial charge in [0.1, 0.15) is 0 Å². The van der Waals surface area contributed by atoms with Crippen LogP contribution in [0, 0.1) is 0 Å². The Morgan fingerprint density at radius 3 is 2.36 bits per heavy atom. The van der Waals surface area contributed by atoms with Crippen LogP contribution in [0.15, 0.2) is 16.9 Å². The molecule has 1 N–H and O–H groups in total. The van der Waals surface area contributed by atoms with Crippen molar-refractivity contribution in [2.24, 2.45) is 7.05 Å². The molecule has 1 aliphatic heterocycles. The Hall–Kier alpha value is -2.25. The Balaban J connectivity index is 1.93. The predicted octanol–water partition coefficient (Wildman–Crippen LogP) is 1.36. The van der Waals surface area contributed by atoms with E-state index in [-0.39, 0.29) is 18.8 Å². The van der Waals surface area contributed by atoms with Gasteiger partial charge in [0, 0.05) is 20.1 Å². The van der Waals surface area contributed by atoms with E-state index >= 15 is 0 Å². The maximum absolute atomic E-state index is 12.5. The number of nitrogens with zero attached hydrogens (tertiary/aromatic N) is 2. The number of amides is 1. The summed E-state index contributed by atoms with van der Waals surface area (Å²) in [6, 6.07) is 3.60. The minimum atomic E-state index is -4.84. The van der Waals surface area contributed by atoms with Gasteiger partial charge >= 0.3 is 17.8 Å². The summed E-state index contributed by atoms with van der Waals surface area (Å²) in [6.07, 6.45) is -4.16. The summed E-state index contributed by atoms with van der Waals surface area (Å²) in [5.74, 6) is -1.79. The van der Waals surface area contributed by atoms with Gasteiger partial charge in [0.2, 0.25) is 0 Å². The fraction of sp³-hybridized carbons (Fsp3) is 0.429. The number of H-pyrrole nitrogens is 1. The highest BCUT2D eigenvalue weighted by atomic mass is 19.4. The van der Waals surface area contributed by atoms with Gasteiger partial charge in [-0.25, -0.2) is 4.79 Å². The Morgan fingerprint density at radius 2 is 1.77 bits per heavy atom. The van der Waals surface area contributed by atoms with Crippen LogP contribution >= 0.6 is 0 Å². The van der Waals surface area contributed by atoms with Crippen molar-refractivity contribution in [2.75, 3.05) is 13.1 Å². The molecule has 0 aliphatic carbocycles. The molecular weight excluding hydrogens is 299 g/mol. The summed E-state index contributed by atoms with van der Waals surface area (Å²) >= 11 is 0. The molecule has 1 aliphatic rings. The quantitative estimate of drug-likeness (QED) is 0.798. The molecule has 118 valence electrons. The fourth-order valence-electron chi connectivity index (χ4n) is 2.83. The second-order valence-electron chi connectivity index (χ2n) is 5.42. The number of aromatic amines is 1. The standard InChI is InChI=1S/C14H14F3N3O2/c1-19-11-7-9-3-5-20(12(21)14(15,16)17)4-2-8(9)6-10(11)18-13(19)22/h6-7H,2-5H2,1H3,(H,18,22). The van der Waals surface area contributed by atoms with E-state index in [2.05, 4.69) is 4.98 Å². The molecule has 0 bridgehead atoms. The normalized spacial score (nSPS) is 15.7. The van der Waals surface area contributed by atoms with E-state index in [1.165, 1.54) is 4.57 Å². The SMILES string of the molecule is Cn1c(=O)[nH]c2cc3c(cc21)CCN(C(=O)C(F)(F)F)CC3. The van der Waals surface area contributed by atoms with Crippen molar-refractivity contribution in [3.63, 3.8) is 0 Å². The topological polar surface area (TPSA) is 58.1 Å². The first-order valence-electron chi connectivity index (χ1n) is 6.84. The van der Waals surface area contributed by atoms with Gasteiger partial charge in [0.25, 0.3) is 0 Å². The summed E-state index contributed by atoms with van der Waals surface area (Å²) in [5, 5.41) is 0. The molecule has 0 saturated heterocycles. The number of carbonyl (C=O) groups is 1. The highest BCUT2D eigenvalue weighted by molar-refractivity contribution is 5.82. The molecule has 0 spiro atoms. The van der Waals surface area contributed by atoms with Crippen LogP contribution in [0.25, 0.3) is 11.0 Å². The maximum atomic E-state index is 12.5. The molecule has 3 rings (SSSR count). The van der Waals surface area contributed by atoms with Gasteiger partial charge in [0.05, 0.1) is 11.0 Å². The third-order valence-corrected chi connectivity index (χ3v) is 4.06. The molecular formula is C14H14F3N3O2. The second kappa shape index (κ2) is 4.89. The van der Waals surface area contributed by atoms with Crippen LogP contribution in [0.5, 0.6) is 0 Å². The van der Waals surface area contributed by atoms with Crippen LogP contribution in [-0.2, 0) is 24.7 Å². The molecule has 0 fully saturated rings. The number of rotatable bonds is 0. The van der Waals surface area contributed by atoms with Crippen LogP contribution in [0.2, 0.25) is 0 Å². The van der Waals surface area contributed by atoms with E-state index < -0.39 is 12.1 Å². The first-order valence-corrected chi connectivity index (χ1v) is 6.84. The Morgan fingerprint density at radius 1 is 1.18 bits per heavy atom. The smallest absolute Gasteiger partial charge is 0.334 e. The maximum Gasteiger partial charge on any atom is 0.471 e. The summed E-state index contributed by atoms with van der Waals surface area (Å²) in [5.41, 5.74) is 2.87. The first kappa shape index (κ1) is 14.7. The predicted molar refractivity (Wildman–Crippen MR) is 73.6 cm³/mol. The number of hydrogen-bond donors (Lipinski definition) is 1. The number of nitrogens with one attached hydrogen (secondary N) is 1. The number of halogens is 3. The Kier molecular flexibility index (Phi) is 3.26. The van der Waals surface area contributed by atoms with Crippen LogP contribution < -0.4 is 5.69 Å². The van der Waals surface area contributed by atoms with Gasteiger partial charge < -0.3 is 9.88 Å². The Labute approximate surface area is 123 Å². The zero-order chi connectivity index (χ0) is 16.1. The zero-order valence-electron chi connectivity index (χ0n) is 11.8. The number of fused-ring (bicyclic) bond motifs is 2. The lowest BCUT2D eigenvalue weighted by atomic mass is 10.0. The molecule has 1 aromatic heterocycles. The average Bonchev–Trinajstić information content (AvgIpc) is 2.63. The van der Waals surface area contributed by atoms with Crippen molar-refractivity contribution in [2.45, 2.75) is 19.0 Å². The molecule has 8 heteroatoms. The third-order valence-electron chi connectivity index (χ3n) is 4.06. The average molecular weight is 313 g/mol. The highest BCUT2D eigenvalue weighted by Crippen LogP contribution is 2.24. The minimum Gasteiger partial charge on any atom is -0.334 e. The van der Waals surface area contributed by atoms with Gasteiger partial charge in [-0.1, -0.05) is 0 Å². The zero-order valence-corrected chi connectivity index (χ0v) is 11.8. The lowest BCUT2D eigenvalue weighted by Gasteiger charge is -2.21. The van der Waals surface area contributed by atoms with Crippen molar-refractivity contribution in [1.82, 2.24) is 14.5 Å². The van der Waals surface area contributed by atoms with E-state index in [1.54, 1.807) is 13.1 Å². The number of carbonyl (C=O) groups excluding carboxylic acids is 1. The van der Waals surface area contributed by atoms with Crippen molar-refractivity contribution in [1.29, 1.82) is 0 Å². The molecule has 2 heterocycles. The molecule has 0 unspecified atom stereocenters. The van der Waals surface area contributed by atoms with Gasteiger partial charge in [-0.05, 0) is 36.1 Å². The second-order valence-corrected chi connectivity index (χ2v) is 5.42. The lowest BCUT2D eigenvalue weighted by molar-refractivity contribution is -0.185. The summed E-state index contributed by atoms with van der Waals surface area (Å²) in [6.45, 7) is 0.0448. The monoisotopic (exact) mass is 313 g/mol. The summed E-state index contributed by atoms with van der Waals surface area (Å²) < 4.78 is 39.1. The molecule has 1 amide bonds. The number of imidazole rings is 1. The summed E-state index contributed by atoms with van der Waals surface area (Å²) in [4.78, 5) is 26.5. The number of hydrogen-bond acceptors (Lipinski definition) is 2. The largest absolute Gasteiger partial charge is 0.471 e. The fourth-order valence-corrected chi connectivity index (χ4v) is 2.83. The first-order chi connectivity index (χ1) is 10.3. The van der Waals surface area contributed by atoms with E-state index in [4.69, 9.17) is 0 Å². The molecule has 0 radical (unpaired) electrons. The number of alkyl halides is 3. The van der Waals surface area contributed by atoms with Gasteiger partial charge in [-0.3, -0.25) is 9.36 Å².